The minimum Gasteiger partial charge on any atom is -0.351 e. The third-order valence-corrected chi connectivity index (χ3v) is 8.12. The van der Waals surface area contributed by atoms with Crippen molar-refractivity contribution < 1.29 is 39.6 Å². The van der Waals surface area contributed by atoms with Crippen LogP contribution in [0.4, 0.5) is 32.3 Å². The van der Waals surface area contributed by atoms with Gasteiger partial charge in [-0.2, -0.15) is 26.3 Å². The molecule has 3 fully saturated rings. The molecule has 0 unspecified atom stereocenters. The molecule has 0 radical (unpaired) electrons. The average molecular weight is 486 g/mol. The Hall–Kier alpha value is -2.12. The van der Waals surface area contributed by atoms with Crippen LogP contribution < -0.4 is 5.32 Å². The third kappa shape index (κ3) is 4.37. The Morgan fingerprint density at radius 3 is 2.28 bits per heavy atom. The maximum atomic E-state index is 13.6. The van der Waals surface area contributed by atoms with Gasteiger partial charge >= 0.3 is 12.4 Å². The van der Waals surface area contributed by atoms with E-state index in [1.165, 1.54) is 0 Å². The van der Waals surface area contributed by atoms with Gasteiger partial charge in [-0.05, 0) is 31.1 Å². The van der Waals surface area contributed by atoms with Gasteiger partial charge in [0.05, 0.1) is 23.0 Å². The largest absolute Gasteiger partial charge is 0.434 e. The Morgan fingerprint density at radius 2 is 1.69 bits per heavy atom. The quantitative estimate of drug-likeness (QED) is 0.661. The molecule has 1 aromatic heterocycles. The number of hydrogen-bond acceptors (Lipinski definition) is 6. The van der Waals surface area contributed by atoms with Crippen LogP contribution in [-0.4, -0.2) is 66.0 Å². The number of aromatic nitrogens is 2. The molecule has 1 saturated heterocycles. The molecule has 32 heavy (non-hydrogen) atoms. The second kappa shape index (κ2) is 7.73. The molecule has 1 aromatic rings. The Morgan fingerprint density at radius 1 is 1.06 bits per heavy atom. The average Bonchev–Trinajstić information content (AvgIpc) is 3.28. The molecule has 1 amide bonds. The van der Waals surface area contributed by atoms with E-state index in [1.54, 1.807) is 0 Å². The van der Waals surface area contributed by atoms with Gasteiger partial charge in [-0.25, -0.2) is 18.4 Å². The molecule has 1 N–H and O–H groups in total. The lowest BCUT2D eigenvalue weighted by Gasteiger charge is -2.33. The second-order valence-electron chi connectivity index (χ2n) is 8.47. The minimum atomic E-state index is -5.07. The van der Waals surface area contributed by atoms with Crippen LogP contribution >= 0.6 is 0 Å². The van der Waals surface area contributed by atoms with Crippen molar-refractivity contribution in [3.63, 3.8) is 0 Å². The number of carbonyl (C=O) groups excluding carboxylic acids is 1. The fraction of sp³-hybridized carbons (Fsp3) is 0.722. The molecule has 1 aliphatic heterocycles. The molecule has 4 rings (SSSR count). The molecule has 2 saturated carbocycles. The topological polar surface area (TPSA) is 92.3 Å². The van der Waals surface area contributed by atoms with Crippen molar-refractivity contribution >= 4 is 21.7 Å². The van der Waals surface area contributed by atoms with E-state index >= 15 is 0 Å². The van der Waals surface area contributed by atoms with E-state index in [0.29, 0.717) is 25.5 Å². The number of sulfone groups is 1. The second-order valence-corrected chi connectivity index (χ2v) is 10.8. The van der Waals surface area contributed by atoms with Gasteiger partial charge in [0.2, 0.25) is 5.95 Å². The van der Waals surface area contributed by atoms with E-state index in [2.05, 4.69) is 15.3 Å². The van der Waals surface area contributed by atoms with E-state index < -0.39 is 63.2 Å². The number of rotatable bonds is 3. The van der Waals surface area contributed by atoms with Crippen molar-refractivity contribution in [1.82, 2.24) is 14.9 Å². The molecular formula is C18H20F6N4O3S. The molecule has 2 heterocycles. The summed E-state index contributed by atoms with van der Waals surface area (Å²) in [6.45, 7) is -0.534. The summed E-state index contributed by atoms with van der Waals surface area (Å²) in [5, 5.41) is 2.45. The molecule has 4 atom stereocenters. The number of hydrogen-bond donors (Lipinski definition) is 1. The number of nitrogens with zero attached hydrogens (tertiary/aromatic N) is 3. The van der Waals surface area contributed by atoms with E-state index in [4.69, 9.17) is 0 Å². The van der Waals surface area contributed by atoms with Crippen molar-refractivity contribution in [1.29, 1.82) is 0 Å². The Labute approximate surface area is 179 Å². The van der Waals surface area contributed by atoms with Gasteiger partial charge in [0.1, 0.15) is 0 Å². The highest BCUT2D eigenvalue weighted by Crippen LogP contribution is 2.54. The summed E-state index contributed by atoms with van der Waals surface area (Å²) < 4.78 is 105. The molecule has 7 nitrogen and oxygen atoms in total. The molecular weight excluding hydrogens is 466 g/mol. The zero-order valence-corrected chi connectivity index (χ0v) is 17.4. The van der Waals surface area contributed by atoms with E-state index in [9.17, 15) is 39.6 Å². The third-order valence-electron chi connectivity index (χ3n) is 6.51. The number of halogens is 6. The lowest BCUT2D eigenvalue weighted by molar-refractivity contribution is -0.189. The lowest BCUT2D eigenvalue weighted by Crippen LogP contribution is -2.44. The van der Waals surface area contributed by atoms with Gasteiger partial charge in [-0.3, -0.25) is 4.79 Å². The van der Waals surface area contributed by atoms with Crippen LogP contribution in [0.1, 0.15) is 35.3 Å². The number of amides is 1. The Bertz CT molecular complexity index is 999. The van der Waals surface area contributed by atoms with Crippen molar-refractivity contribution in [2.24, 2.45) is 17.8 Å². The van der Waals surface area contributed by atoms with Gasteiger partial charge < -0.3 is 10.2 Å². The highest BCUT2D eigenvalue weighted by molar-refractivity contribution is 7.91. The van der Waals surface area contributed by atoms with Gasteiger partial charge in [-0.1, -0.05) is 0 Å². The lowest BCUT2D eigenvalue weighted by atomic mass is 9.84. The summed E-state index contributed by atoms with van der Waals surface area (Å²) in [6, 6.07) is -1.14. The van der Waals surface area contributed by atoms with Gasteiger partial charge in [0, 0.05) is 25.3 Å². The Balaban J connectivity index is 1.60. The van der Waals surface area contributed by atoms with Crippen LogP contribution in [0.3, 0.4) is 0 Å². The SMILES string of the molecule is O=C(c1cnc(N[C@H]2[C@H]3CC[C@H](C3)[C@@H]2C(F)(F)F)nc1C(F)(F)F)N1CCS(=O)(=O)CC1. The number of fused-ring (bicyclic) bond motifs is 2. The van der Waals surface area contributed by atoms with Crippen LogP contribution in [0.5, 0.6) is 0 Å². The number of alkyl halides is 6. The van der Waals surface area contributed by atoms with Crippen LogP contribution in [-0.2, 0) is 16.0 Å². The first kappa shape index (κ1) is 23.1. The Kier molecular flexibility index (Phi) is 5.57. The summed E-state index contributed by atoms with van der Waals surface area (Å²) >= 11 is 0. The highest BCUT2D eigenvalue weighted by Gasteiger charge is 2.59. The normalized spacial score (nSPS) is 29.9. The van der Waals surface area contributed by atoms with E-state index in [-0.39, 0.29) is 30.5 Å². The molecule has 0 spiro atoms. The summed E-state index contributed by atoms with van der Waals surface area (Å²) in [5.41, 5.74) is -2.44. The first-order valence-corrected chi connectivity index (χ1v) is 11.9. The van der Waals surface area contributed by atoms with Crippen molar-refractivity contribution in [2.45, 2.75) is 37.7 Å². The van der Waals surface area contributed by atoms with Crippen molar-refractivity contribution in [3.05, 3.63) is 17.5 Å². The van der Waals surface area contributed by atoms with Gasteiger partial charge in [0.15, 0.2) is 15.5 Å². The van der Waals surface area contributed by atoms with Gasteiger partial charge in [-0.15, -0.1) is 0 Å². The predicted molar refractivity (Wildman–Crippen MR) is 99.4 cm³/mol. The summed E-state index contributed by atoms with van der Waals surface area (Å²) in [5.74, 6) is -5.07. The van der Waals surface area contributed by atoms with Crippen LogP contribution in [0.2, 0.25) is 0 Å². The highest BCUT2D eigenvalue weighted by atomic mass is 32.2. The van der Waals surface area contributed by atoms with E-state index in [1.807, 2.05) is 0 Å². The molecule has 2 aliphatic carbocycles. The molecule has 14 heteroatoms. The monoisotopic (exact) mass is 486 g/mol. The van der Waals surface area contributed by atoms with Crippen LogP contribution in [0.15, 0.2) is 6.20 Å². The van der Waals surface area contributed by atoms with E-state index in [0.717, 1.165) is 4.90 Å². The predicted octanol–water partition coefficient (Wildman–Crippen LogP) is 2.75. The van der Waals surface area contributed by atoms with Gasteiger partial charge in [0.25, 0.3) is 5.91 Å². The molecule has 0 aromatic carbocycles. The fourth-order valence-electron chi connectivity index (χ4n) is 5.03. The van der Waals surface area contributed by atoms with Crippen LogP contribution in [0.25, 0.3) is 0 Å². The molecule has 3 aliphatic rings. The fourth-order valence-corrected chi connectivity index (χ4v) is 6.23. The zero-order chi connectivity index (χ0) is 23.5. The van der Waals surface area contributed by atoms with Crippen LogP contribution in [0, 0.1) is 17.8 Å². The smallest absolute Gasteiger partial charge is 0.351 e. The summed E-state index contributed by atoms with van der Waals surface area (Å²) in [7, 11) is -3.36. The molecule has 2 bridgehead atoms. The first-order chi connectivity index (χ1) is 14.8. The number of nitrogens with one attached hydrogen (secondary N) is 1. The standard InChI is InChI=1S/C18H20F6N4O3S/c19-17(20,21)12-9-1-2-10(7-9)13(12)26-16-25-8-11(14(27-16)18(22,23)24)15(29)28-3-5-32(30,31)6-4-28/h8-10,12-13H,1-7H2,(H,25,26,27)/t9-,10+,12+,13+/m1/s1. The number of carbonyl (C=O) groups is 1. The summed E-state index contributed by atoms with van der Waals surface area (Å²) in [4.78, 5) is 20.7. The van der Waals surface area contributed by atoms with Crippen molar-refractivity contribution in [2.75, 3.05) is 29.9 Å². The molecule has 178 valence electrons. The zero-order valence-electron chi connectivity index (χ0n) is 16.6. The first-order valence-electron chi connectivity index (χ1n) is 10.0. The van der Waals surface area contributed by atoms with Crippen molar-refractivity contribution in [3.8, 4) is 0 Å². The summed E-state index contributed by atoms with van der Waals surface area (Å²) in [6.07, 6.45) is -7.64. The number of anilines is 1. The maximum absolute atomic E-state index is 13.6. The minimum absolute atomic E-state index is 0.267. The maximum Gasteiger partial charge on any atom is 0.434 e.